The molecule has 2 rings (SSSR count). The SMILES string of the molecule is C=CCNC1=N[C@H]2[C@@H](O)[C@H](O)[C@@H](CO)C[C@H]2S1. The Labute approximate surface area is 105 Å². The summed E-state index contributed by atoms with van der Waals surface area (Å²) in [5.41, 5.74) is 0. The molecule has 0 unspecified atom stereocenters. The zero-order valence-corrected chi connectivity index (χ0v) is 10.3. The lowest BCUT2D eigenvalue weighted by Crippen LogP contribution is -2.51. The summed E-state index contributed by atoms with van der Waals surface area (Å²) in [7, 11) is 0. The van der Waals surface area contributed by atoms with Gasteiger partial charge >= 0.3 is 0 Å². The predicted octanol–water partition coefficient (Wildman–Crippen LogP) is -0.664. The Hall–Kier alpha value is -0.560. The van der Waals surface area contributed by atoms with Crippen molar-refractivity contribution in [2.45, 2.75) is 29.9 Å². The first-order valence-corrected chi connectivity index (χ1v) is 6.61. The monoisotopic (exact) mass is 258 g/mol. The molecule has 96 valence electrons. The van der Waals surface area contributed by atoms with Gasteiger partial charge in [-0.1, -0.05) is 17.8 Å². The van der Waals surface area contributed by atoms with Crippen LogP contribution in [-0.2, 0) is 0 Å². The number of amidine groups is 1. The molecule has 0 aromatic heterocycles. The van der Waals surface area contributed by atoms with Crippen molar-refractivity contribution in [1.82, 2.24) is 5.32 Å². The van der Waals surface area contributed by atoms with Crippen LogP contribution in [0.5, 0.6) is 0 Å². The van der Waals surface area contributed by atoms with Crippen LogP contribution < -0.4 is 5.32 Å². The largest absolute Gasteiger partial charge is 0.396 e. The summed E-state index contributed by atoms with van der Waals surface area (Å²) < 4.78 is 0. The molecule has 0 spiro atoms. The second-order valence-corrected chi connectivity index (χ2v) is 5.64. The van der Waals surface area contributed by atoms with Crippen LogP contribution in [-0.4, -0.2) is 57.1 Å². The highest BCUT2D eigenvalue weighted by molar-refractivity contribution is 8.14. The third-order valence-electron chi connectivity index (χ3n) is 3.26. The average Bonchev–Trinajstić information content (AvgIpc) is 2.74. The fourth-order valence-corrected chi connectivity index (χ4v) is 3.63. The van der Waals surface area contributed by atoms with Gasteiger partial charge in [0.25, 0.3) is 0 Å². The van der Waals surface area contributed by atoms with Crippen LogP contribution in [0.3, 0.4) is 0 Å². The molecule has 0 aromatic carbocycles. The normalized spacial score (nSPS) is 40.6. The molecule has 1 saturated carbocycles. The van der Waals surface area contributed by atoms with Gasteiger partial charge in [0.15, 0.2) is 5.17 Å². The third kappa shape index (κ3) is 2.49. The van der Waals surface area contributed by atoms with Crippen LogP contribution in [0.15, 0.2) is 17.6 Å². The zero-order valence-electron chi connectivity index (χ0n) is 9.49. The lowest BCUT2D eigenvalue weighted by atomic mass is 9.81. The molecule has 0 saturated heterocycles. The molecule has 1 aliphatic carbocycles. The van der Waals surface area contributed by atoms with E-state index in [1.54, 1.807) is 17.8 Å². The van der Waals surface area contributed by atoms with Crippen LogP contribution in [0.1, 0.15) is 6.42 Å². The van der Waals surface area contributed by atoms with Crippen LogP contribution in [0.2, 0.25) is 0 Å². The lowest BCUT2D eigenvalue weighted by molar-refractivity contribution is -0.0646. The van der Waals surface area contributed by atoms with E-state index < -0.39 is 12.2 Å². The molecule has 2 aliphatic rings. The summed E-state index contributed by atoms with van der Waals surface area (Å²) in [6, 6.07) is -0.273. The second-order valence-electron chi connectivity index (χ2n) is 4.41. The Morgan fingerprint density at radius 2 is 2.24 bits per heavy atom. The van der Waals surface area contributed by atoms with Crippen molar-refractivity contribution in [3.63, 3.8) is 0 Å². The Kier molecular flexibility index (Phi) is 4.09. The number of hydrogen-bond donors (Lipinski definition) is 4. The number of hydrogen-bond acceptors (Lipinski definition) is 6. The van der Waals surface area contributed by atoms with Crippen molar-refractivity contribution in [2.24, 2.45) is 10.9 Å². The molecule has 0 radical (unpaired) electrons. The van der Waals surface area contributed by atoms with Crippen molar-refractivity contribution >= 4 is 16.9 Å². The minimum atomic E-state index is -0.888. The molecule has 4 N–H and O–H groups in total. The summed E-state index contributed by atoms with van der Waals surface area (Å²) in [5, 5.41) is 33.0. The van der Waals surface area contributed by atoms with Gasteiger partial charge in [-0.3, -0.25) is 4.99 Å². The van der Waals surface area contributed by atoms with Crippen LogP contribution >= 0.6 is 11.8 Å². The van der Waals surface area contributed by atoms with E-state index in [9.17, 15) is 10.2 Å². The fraction of sp³-hybridized carbons (Fsp3) is 0.727. The van der Waals surface area contributed by atoms with Gasteiger partial charge in [-0.05, 0) is 6.42 Å². The Balaban J connectivity index is 2.04. The van der Waals surface area contributed by atoms with Crippen LogP contribution in [0.4, 0.5) is 0 Å². The molecule has 1 aliphatic heterocycles. The minimum Gasteiger partial charge on any atom is -0.396 e. The first kappa shape index (κ1) is 12.9. The number of nitrogens with one attached hydrogen (secondary N) is 1. The summed E-state index contributed by atoms with van der Waals surface area (Å²) in [6.07, 6.45) is 0.644. The van der Waals surface area contributed by atoms with Crippen molar-refractivity contribution < 1.29 is 15.3 Å². The van der Waals surface area contributed by atoms with Gasteiger partial charge in [0.2, 0.25) is 0 Å². The molecule has 17 heavy (non-hydrogen) atoms. The molecule has 5 atom stereocenters. The number of aliphatic imine (C=N–C) groups is 1. The highest BCUT2D eigenvalue weighted by atomic mass is 32.2. The van der Waals surface area contributed by atoms with Crippen molar-refractivity contribution in [1.29, 1.82) is 0 Å². The molecule has 6 heteroatoms. The summed E-state index contributed by atoms with van der Waals surface area (Å²) >= 11 is 1.57. The smallest absolute Gasteiger partial charge is 0.157 e. The maximum atomic E-state index is 9.96. The molecule has 0 amide bonds. The van der Waals surface area contributed by atoms with Crippen molar-refractivity contribution in [3.8, 4) is 0 Å². The summed E-state index contributed by atoms with van der Waals surface area (Å²) in [6.45, 7) is 4.15. The number of nitrogens with zero attached hydrogens (tertiary/aromatic N) is 1. The van der Waals surface area contributed by atoms with E-state index in [0.717, 1.165) is 5.17 Å². The molecular formula is C11H18N2O3S. The first-order valence-electron chi connectivity index (χ1n) is 5.73. The third-order valence-corrected chi connectivity index (χ3v) is 4.51. The minimum absolute atomic E-state index is 0.0998. The van der Waals surface area contributed by atoms with E-state index in [4.69, 9.17) is 5.11 Å². The topological polar surface area (TPSA) is 85.1 Å². The number of aliphatic hydroxyl groups is 3. The number of aliphatic hydroxyl groups excluding tert-OH is 3. The predicted molar refractivity (Wildman–Crippen MR) is 68.0 cm³/mol. The molecular weight excluding hydrogens is 240 g/mol. The van der Waals surface area contributed by atoms with E-state index in [1.165, 1.54) is 0 Å². The molecule has 0 bridgehead atoms. The van der Waals surface area contributed by atoms with E-state index >= 15 is 0 Å². The van der Waals surface area contributed by atoms with Crippen LogP contribution in [0, 0.1) is 5.92 Å². The van der Waals surface area contributed by atoms with Crippen LogP contribution in [0.25, 0.3) is 0 Å². The van der Waals surface area contributed by atoms with Gasteiger partial charge in [-0.2, -0.15) is 0 Å². The quantitative estimate of drug-likeness (QED) is 0.505. The molecule has 0 aromatic rings. The molecule has 1 heterocycles. The van der Waals surface area contributed by atoms with E-state index in [2.05, 4.69) is 16.9 Å². The van der Waals surface area contributed by atoms with E-state index in [0.29, 0.717) is 13.0 Å². The molecule has 1 fully saturated rings. The zero-order chi connectivity index (χ0) is 12.4. The number of fused-ring (bicyclic) bond motifs is 1. The van der Waals surface area contributed by atoms with E-state index in [1.807, 2.05) is 0 Å². The maximum absolute atomic E-state index is 9.96. The maximum Gasteiger partial charge on any atom is 0.157 e. The first-order chi connectivity index (χ1) is 8.17. The van der Waals surface area contributed by atoms with Gasteiger partial charge in [0.05, 0.1) is 12.1 Å². The Morgan fingerprint density at radius 1 is 1.47 bits per heavy atom. The highest BCUT2D eigenvalue weighted by Crippen LogP contribution is 2.39. The average molecular weight is 258 g/mol. The van der Waals surface area contributed by atoms with Gasteiger partial charge in [-0.15, -0.1) is 6.58 Å². The van der Waals surface area contributed by atoms with Crippen molar-refractivity contribution in [3.05, 3.63) is 12.7 Å². The molecule has 5 nitrogen and oxygen atoms in total. The second kappa shape index (κ2) is 5.39. The van der Waals surface area contributed by atoms with Gasteiger partial charge in [0, 0.05) is 24.3 Å². The lowest BCUT2D eigenvalue weighted by Gasteiger charge is -2.37. The Bertz CT molecular complexity index is 324. The van der Waals surface area contributed by atoms with E-state index in [-0.39, 0.29) is 23.8 Å². The number of rotatable bonds is 3. The van der Waals surface area contributed by atoms with Crippen molar-refractivity contribution in [2.75, 3.05) is 13.2 Å². The summed E-state index contributed by atoms with van der Waals surface area (Å²) in [4.78, 5) is 4.38. The standard InChI is InChI=1S/C11H18N2O3S/c1-2-3-12-11-13-8-7(17-11)4-6(5-14)9(15)10(8)16/h2,6-10,14-16H,1,3-5H2,(H,12,13)/t6-,7-,8-,9-,10-/m1/s1. The van der Waals surface area contributed by atoms with Gasteiger partial charge in [0.1, 0.15) is 6.10 Å². The Morgan fingerprint density at radius 3 is 2.88 bits per heavy atom. The number of thioether (sulfide) groups is 1. The van der Waals surface area contributed by atoms with Gasteiger partial charge < -0.3 is 20.6 Å². The fourth-order valence-electron chi connectivity index (χ4n) is 2.29. The highest BCUT2D eigenvalue weighted by Gasteiger charge is 2.46. The summed E-state index contributed by atoms with van der Waals surface area (Å²) in [5.74, 6) is -0.257. The van der Waals surface area contributed by atoms with Gasteiger partial charge in [-0.25, -0.2) is 0 Å².